The third-order valence-electron chi connectivity index (χ3n) is 6.68. The van der Waals surface area contributed by atoms with E-state index in [1.54, 1.807) is 7.11 Å². The molecule has 0 unspecified atom stereocenters. The van der Waals surface area contributed by atoms with E-state index < -0.39 is 0 Å². The van der Waals surface area contributed by atoms with E-state index in [0.29, 0.717) is 6.42 Å². The number of amides is 1. The van der Waals surface area contributed by atoms with Gasteiger partial charge in [0.05, 0.1) is 13.5 Å². The van der Waals surface area contributed by atoms with Gasteiger partial charge in [0, 0.05) is 11.1 Å². The van der Waals surface area contributed by atoms with E-state index in [2.05, 4.69) is 17.5 Å². The fraction of sp³-hybridized carbons (Fsp3) is 0.619. The van der Waals surface area contributed by atoms with Crippen LogP contribution < -0.4 is 10.2 Å². The van der Waals surface area contributed by atoms with E-state index in [1.807, 2.05) is 24.3 Å². The Balaban J connectivity index is 1.38. The molecular weight excluding hydrogens is 312 g/mol. The van der Waals surface area contributed by atoms with Gasteiger partial charge in [-0.3, -0.25) is 4.79 Å². The Morgan fingerprint density at radius 3 is 2.20 bits per heavy atom. The van der Waals surface area contributed by atoms with Crippen LogP contribution in [0.2, 0.25) is 0 Å². The van der Waals surface area contributed by atoms with Crippen molar-refractivity contribution in [1.82, 2.24) is 5.43 Å². The van der Waals surface area contributed by atoms with Crippen LogP contribution in [0.3, 0.4) is 0 Å². The molecule has 0 atom stereocenters. The predicted molar refractivity (Wildman–Crippen MR) is 98.6 cm³/mol. The number of carbonyl (C=O) groups is 1. The fourth-order valence-corrected chi connectivity index (χ4v) is 5.79. The molecule has 5 rings (SSSR count). The first kappa shape index (κ1) is 16.6. The second-order valence-corrected chi connectivity index (χ2v) is 8.45. The number of nitrogens with zero attached hydrogens (tertiary/aromatic N) is 1. The van der Waals surface area contributed by atoms with Gasteiger partial charge in [0.2, 0.25) is 5.91 Å². The molecule has 1 aromatic carbocycles. The van der Waals surface area contributed by atoms with Crippen LogP contribution in [0.4, 0.5) is 0 Å². The molecule has 0 radical (unpaired) electrons. The minimum atomic E-state index is -0.0470. The molecule has 4 heteroatoms. The van der Waals surface area contributed by atoms with Crippen LogP contribution in [0.5, 0.6) is 5.75 Å². The second-order valence-electron chi connectivity index (χ2n) is 8.45. The van der Waals surface area contributed by atoms with Gasteiger partial charge in [-0.15, -0.1) is 0 Å². The molecule has 4 bridgehead atoms. The Hall–Kier alpha value is -1.84. The van der Waals surface area contributed by atoms with Gasteiger partial charge >= 0.3 is 0 Å². The van der Waals surface area contributed by atoms with Gasteiger partial charge < -0.3 is 4.74 Å². The molecule has 4 aliphatic rings. The quantitative estimate of drug-likeness (QED) is 0.652. The van der Waals surface area contributed by atoms with Gasteiger partial charge in [0.1, 0.15) is 5.75 Å². The van der Waals surface area contributed by atoms with Gasteiger partial charge in [-0.25, -0.2) is 5.43 Å². The second kappa shape index (κ2) is 6.47. The van der Waals surface area contributed by atoms with Crippen LogP contribution in [0.1, 0.15) is 51.0 Å². The number of carbonyl (C=O) groups excluding carboxylic acids is 1. The minimum absolute atomic E-state index is 0.0470. The van der Waals surface area contributed by atoms with Crippen LogP contribution in [0.15, 0.2) is 29.4 Å². The maximum absolute atomic E-state index is 12.2. The van der Waals surface area contributed by atoms with Crippen LogP contribution >= 0.6 is 0 Å². The smallest absolute Gasteiger partial charge is 0.244 e. The summed E-state index contributed by atoms with van der Waals surface area (Å²) >= 11 is 0. The highest BCUT2D eigenvalue weighted by molar-refractivity contribution is 5.90. The van der Waals surface area contributed by atoms with Crippen molar-refractivity contribution in [3.05, 3.63) is 29.8 Å². The van der Waals surface area contributed by atoms with Gasteiger partial charge in [-0.1, -0.05) is 12.1 Å². The van der Waals surface area contributed by atoms with Gasteiger partial charge in [-0.2, -0.15) is 5.10 Å². The Kier molecular flexibility index (Phi) is 4.30. The van der Waals surface area contributed by atoms with E-state index in [-0.39, 0.29) is 11.3 Å². The average molecular weight is 340 g/mol. The predicted octanol–water partition coefficient (Wildman–Crippen LogP) is 3.95. The number of benzene rings is 1. The first-order valence-electron chi connectivity index (χ1n) is 9.53. The van der Waals surface area contributed by atoms with Crippen LogP contribution in [0.25, 0.3) is 0 Å². The van der Waals surface area contributed by atoms with Crippen molar-refractivity contribution >= 4 is 11.6 Å². The zero-order valence-electron chi connectivity index (χ0n) is 15.3. The Bertz CT molecular complexity index is 642. The summed E-state index contributed by atoms with van der Waals surface area (Å²) in [6, 6.07) is 7.61. The maximum atomic E-state index is 12.2. The molecule has 134 valence electrons. The monoisotopic (exact) mass is 340 g/mol. The van der Waals surface area contributed by atoms with E-state index in [0.717, 1.165) is 34.8 Å². The number of ether oxygens (including phenoxy) is 1. The highest BCUT2D eigenvalue weighted by Gasteiger charge is 2.52. The molecule has 0 aliphatic heterocycles. The molecule has 4 nitrogen and oxygen atoms in total. The van der Waals surface area contributed by atoms with Crippen molar-refractivity contribution in [2.45, 2.75) is 51.9 Å². The zero-order valence-corrected chi connectivity index (χ0v) is 15.3. The minimum Gasteiger partial charge on any atom is -0.497 e. The number of hydrazone groups is 1. The van der Waals surface area contributed by atoms with Crippen molar-refractivity contribution in [3.63, 3.8) is 0 Å². The lowest BCUT2D eigenvalue weighted by Crippen LogP contribution is -2.49. The molecule has 1 N–H and O–H groups in total. The van der Waals surface area contributed by atoms with Crippen LogP contribution in [0, 0.1) is 23.2 Å². The molecule has 25 heavy (non-hydrogen) atoms. The molecule has 0 heterocycles. The van der Waals surface area contributed by atoms with Crippen molar-refractivity contribution in [2.24, 2.45) is 28.3 Å². The third-order valence-corrected chi connectivity index (χ3v) is 6.68. The molecule has 1 amide bonds. The van der Waals surface area contributed by atoms with E-state index in [1.165, 1.54) is 38.5 Å². The largest absolute Gasteiger partial charge is 0.497 e. The number of hydrogen-bond acceptors (Lipinski definition) is 3. The molecule has 4 saturated carbocycles. The lowest BCUT2D eigenvalue weighted by Gasteiger charge is -2.56. The van der Waals surface area contributed by atoms with Crippen LogP contribution in [-0.2, 0) is 11.2 Å². The molecule has 0 spiro atoms. The summed E-state index contributed by atoms with van der Waals surface area (Å²) in [6.45, 7) is 2.13. The molecule has 0 aromatic heterocycles. The van der Waals surface area contributed by atoms with Gasteiger partial charge in [-0.05, 0) is 80.9 Å². The molecular formula is C21H28N2O2. The normalized spacial score (nSPS) is 33.4. The van der Waals surface area contributed by atoms with Gasteiger partial charge in [0.15, 0.2) is 0 Å². The standard InChI is InChI=1S/C21H28N2O2/c1-14(21-11-16-7-17(12-21)9-18(8-16)13-21)22-23-20(24)10-15-3-5-19(25-2)6-4-15/h3-6,16-18H,7-13H2,1-2H3,(H,23,24). The molecule has 4 fully saturated rings. The van der Waals surface area contributed by atoms with E-state index in [4.69, 9.17) is 4.74 Å². The molecule has 1 aromatic rings. The van der Waals surface area contributed by atoms with Gasteiger partial charge in [0.25, 0.3) is 0 Å². The third kappa shape index (κ3) is 3.31. The summed E-state index contributed by atoms with van der Waals surface area (Å²) in [6.07, 6.45) is 8.47. The van der Waals surface area contributed by atoms with Crippen LogP contribution in [-0.4, -0.2) is 18.7 Å². The lowest BCUT2D eigenvalue weighted by molar-refractivity contribution is -0.120. The molecule has 4 aliphatic carbocycles. The highest BCUT2D eigenvalue weighted by Crippen LogP contribution is 2.60. The van der Waals surface area contributed by atoms with E-state index in [9.17, 15) is 4.79 Å². The lowest BCUT2D eigenvalue weighted by atomic mass is 9.48. The Morgan fingerprint density at radius 2 is 1.68 bits per heavy atom. The first-order valence-corrected chi connectivity index (χ1v) is 9.53. The summed E-state index contributed by atoms with van der Waals surface area (Å²) in [5.74, 6) is 3.44. The fourth-order valence-electron chi connectivity index (χ4n) is 5.79. The number of nitrogens with one attached hydrogen (secondary N) is 1. The topological polar surface area (TPSA) is 50.7 Å². The number of rotatable bonds is 5. The maximum Gasteiger partial charge on any atom is 0.244 e. The van der Waals surface area contributed by atoms with Crippen molar-refractivity contribution in [2.75, 3.05) is 7.11 Å². The number of methoxy groups -OCH3 is 1. The summed E-state index contributed by atoms with van der Waals surface area (Å²) in [5, 5.41) is 4.54. The molecule has 0 saturated heterocycles. The zero-order chi connectivity index (χ0) is 17.4. The Labute approximate surface area is 150 Å². The SMILES string of the molecule is COc1ccc(CC(=O)NN=C(C)C23CC4CC(CC(C4)C2)C3)cc1. The summed E-state index contributed by atoms with van der Waals surface area (Å²) < 4.78 is 5.15. The Morgan fingerprint density at radius 1 is 1.12 bits per heavy atom. The van der Waals surface area contributed by atoms with Crippen molar-refractivity contribution in [1.29, 1.82) is 0 Å². The average Bonchev–Trinajstić information content (AvgIpc) is 2.59. The summed E-state index contributed by atoms with van der Waals surface area (Å²) in [7, 11) is 1.64. The summed E-state index contributed by atoms with van der Waals surface area (Å²) in [5.41, 5.74) is 5.19. The highest BCUT2D eigenvalue weighted by atomic mass is 16.5. The number of hydrogen-bond donors (Lipinski definition) is 1. The first-order chi connectivity index (χ1) is 12.1. The van der Waals surface area contributed by atoms with Crippen molar-refractivity contribution in [3.8, 4) is 5.75 Å². The van der Waals surface area contributed by atoms with Crippen molar-refractivity contribution < 1.29 is 9.53 Å². The van der Waals surface area contributed by atoms with E-state index >= 15 is 0 Å². The summed E-state index contributed by atoms with van der Waals surface area (Å²) in [4.78, 5) is 12.2.